The molecule has 0 radical (unpaired) electrons. The predicted octanol–water partition coefficient (Wildman–Crippen LogP) is 4.84. The lowest BCUT2D eigenvalue weighted by Crippen LogP contribution is -2.21. The SMILES string of the molecule is CC(C)NCc1cnc(Oc2cc(Cl)c(Br)cc2Cl)nc1. The molecule has 1 N–H and O–H groups in total. The number of halogens is 3. The summed E-state index contributed by atoms with van der Waals surface area (Å²) >= 11 is 15.4. The number of aromatic nitrogens is 2. The molecule has 0 spiro atoms. The number of nitrogens with zero attached hydrogens (tertiary/aromatic N) is 2. The van der Waals surface area contributed by atoms with Gasteiger partial charge in [-0.3, -0.25) is 0 Å². The molecule has 2 aromatic rings. The standard InChI is InChI=1S/C14H14BrCl2N3O/c1-8(2)18-5-9-6-19-14(20-7-9)21-13-4-11(16)10(15)3-12(13)17/h3-4,6-8,18H,5H2,1-2H3. The summed E-state index contributed by atoms with van der Waals surface area (Å²) in [4.78, 5) is 8.32. The van der Waals surface area contributed by atoms with Crippen LogP contribution in [0.3, 0.4) is 0 Å². The normalized spacial score (nSPS) is 11.0. The van der Waals surface area contributed by atoms with E-state index in [0.29, 0.717) is 32.9 Å². The van der Waals surface area contributed by atoms with Crippen molar-refractivity contribution in [1.82, 2.24) is 15.3 Å². The fourth-order valence-corrected chi connectivity index (χ4v) is 2.32. The van der Waals surface area contributed by atoms with E-state index in [2.05, 4.69) is 45.1 Å². The molecule has 112 valence electrons. The van der Waals surface area contributed by atoms with E-state index in [-0.39, 0.29) is 6.01 Å². The van der Waals surface area contributed by atoms with Crippen LogP contribution in [0.2, 0.25) is 10.0 Å². The molecule has 0 fully saturated rings. The van der Waals surface area contributed by atoms with Crippen molar-refractivity contribution in [2.45, 2.75) is 26.4 Å². The minimum Gasteiger partial charge on any atom is -0.423 e. The predicted molar refractivity (Wildman–Crippen MR) is 88.2 cm³/mol. The number of ether oxygens (including phenoxy) is 1. The second kappa shape index (κ2) is 7.40. The van der Waals surface area contributed by atoms with E-state index in [1.807, 2.05) is 0 Å². The van der Waals surface area contributed by atoms with Crippen LogP contribution in [0.5, 0.6) is 11.8 Å². The molecule has 1 aromatic carbocycles. The Bertz CT molecular complexity index is 620. The van der Waals surface area contributed by atoms with Crippen LogP contribution < -0.4 is 10.1 Å². The highest BCUT2D eigenvalue weighted by Crippen LogP contribution is 2.35. The second-order valence-corrected chi connectivity index (χ2v) is 6.38. The van der Waals surface area contributed by atoms with Gasteiger partial charge in [0.15, 0.2) is 5.75 Å². The fraction of sp³-hybridized carbons (Fsp3) is 0.286. The zero-order chi connectivity index (χ0) is 15.4. The number of benzene rings is 1. The molecule has 0 aliphatic rings. The topological polar surface area (TPSA) is 47.0 Å². The molecular weight excluding hydrogens is 377 g/mol. The highest BCUT2D eigenvalue weighted by atomic mass is 79.9. The van der Waals surface area contributed by atoms with Gasteiger partial charge in [0.05, 0.1) is 10.0 Å². The van der Waals surface area contributed by atoms with Gasteiger partial charge in [-0.15, -0.1) is 0 Å². The molecular formula is C14H14BrCl2N3O. The molecule has 0 unspecified atom stereocenters. The van der Waals surface area contributed by atoms with E-state index in [9.17, 15) is 0 Å². The van der Waals surface area contributed by atoms with Gasteiger partial charge in [-0.05, 0) is 22.0 Å². The van der Waals surface area contributed by atoms with Crippen molar-refractivity contribution in [3.8, 4) is 11.8 Å². The Hall–Kier alpha value is -0.880. The van der Waals surface area contributed by atoms with E-state index < -0.39 is 0 Å². The van der Waals surface area contributed by atoms with E-state index in [1.165, 1.54) is 0 Å². The number of rotatable bonds is 5. The molecule has 0 bridgehead atoms. The van der Waals surface area contributed by atoms with Gasteiger partial charge in [-0.1, -0.05) is 37.0 Å². The minimum absolute atomic E-state index is 0.226. The lowest BCUT2D eigenvalue weighted by molar-refractivity contribution is 0.440. The molecule has 7 heteroatoms. The Morgan fingerprint density at radius 1 is 1.19 bits per heavy atom. The van der Waals surface area contributed by atoms with E-state index in [1.54, 1.807) is 24.5 Å². The first-order valence-corrected chi connectivity index (χ1v) is 7.87. The van der Waals surface area contributed by atoms with Crippen molar-refractivity contribution >= 4 is 39.1 Å². The van der Waals surface area contributed by atoms with E-state index >= 15 is 0 Å². The molecule has 0 aliphatic carbocycles. The van der Waals surface area contributed by atoms with Crippen LogP contribution in [0, 0.1) is 0 Å². The number of hydrogen-bond donors (Lipinski definition) is 1. The molecule has 0 amide bonds. The van der Waals surface area contributed by atoms with Crippen LogP contribution in [0.4, 0.5) is 0 Å². The number of nitrogens with one attached hydrogen (secondary N) is 1. The van der Waals surface area contributed by atoms with Gasteiger partial charge in [-0.2, -0.15) is 0 Å². The lowest BCUT2D eigenvalue weighted by atomic mass is 10.3. The Kier molecular flexibility index (Phi) is 5.81. The summed E-state index contributed by atoms with van der Waals surface area (Å²) in [5, 5.41) is 4.23. The maximum absolute atomic E-state index is 6.09. The summed E-state index contributed by atoms with van der Waals surface area (Å²) in [5.74, 6) is 0.415. The van der Waals surface area contributed by atoms with Crippen LogP contribution in [0.1, 0.15) is 19.4 Å². The van der Waals surface area contributed by atoms with Gasteiger partial charge in [0.1, 0.15) is 0 Å². The van der Waals surface area contributed by atoms with Crippen LogP contribution in [-0.2, 0) is 6.54 Å². The molecule has 0 saturated heterocycles. The smallest absolute Gasteiger partial charge is 0.321 e. The third-order valence-corrected chi connectivity index (χ3v) is 4.06. The van der Waals surface area contributed by atoms with Crippen molar-refractivity contribution < 1.29 is 4.74 Å². The number of hydrogen-bond acceptors (Lipinski definition) is 4. The van der Waals surface area contributed by atoms with Crippen molar-refractivity contribution in [1.29, 1.82) is 0 Å². The first kappa shape index (κ1) is 16.5. The quantitative estimate of drug-likeness (QED) is 0.742. The second-order valence-electron chi connectivity index (χ2n) is 4.71. The monoisotopic (exact) mass is 389 g/mol. The highest BCUT2D eigenvalue weighted by molar-refractivity contribution is 9.10. The maximum atomic E-state index is 6.09. The Morgan fingerprint density at radius 2 is 1.86 bits per heavy atom. The molecule has 21 heavy (non-hydrogen) atoms. The van der Waals surface area contributed by atoms with E-state index in [0.717, 1.165) is 5.56 Å². The average molecular weight is 391 g/mol. The van der Waals surface area contributed by atoms with Crippen LogP contribution in [-0.4, -0.2) is 16.0 Å². The van der Waals surface area contributed by atoms with Crippen molar-refractivity contribution in [3.63, 3.8) is 0 Å². The maximum Gasteiger partial charge on any atom is 0.321 e. The summed E-state index contributed by atoms with van der Waals surface area (Å²) in [6.45, 7) is 4.87. The summed E-state index contributed by atoms with van der Waals surface area (Å²) in [6.07, 6.45) is 3.43. The van der Waals surface area contributed by atoms with Crippen LogP contribution >= 0.6 is 39.1 Å². The van der Waals surface area contributed by atoms with Gasteiger partial charge in [0.25, 0.3) is 0 Å². The minimum atomic E-state index is 0.226. The van der Waals surface area contributed by atoms with Gasteiger partial charge in [0.2, 0.25) is 0 Å². The van der Waals surface area contributed by atoms with E-state index in [4.69, 9.17) is 27.9 Å². The fourth-order valence-electron chi connectivity index (χ4n) is 1.49. The highest BCUT2D eigenvalue weighted by Gasteiger charge is 2.09. The Morgan fingerprint density at radius 3 is 2.48 bits per heavy atom. The average Bonchev–Trinajstić information content (AvgIpc) is 2.44. The van der Waals surface area contributed by atoms with Crippen LogP contribution in [0.15, 0.2) is 29.0 Å². The Balaban J connectivity index is 2.08. The summed E-state index contributed by atoms with van der Waals surface area (Å²) < 4.78 is 6.25. The first-order valence-electron chi connectivity index (χ1n) is 6.32. The first-order chi connectivity index (χ1) is 9.95. The van der Waals surface area contributed by atoms with Gasteiger partial charge < -0.3 is 10.1 Å². The third kappa shape index (κ3) is 4.81. The summed E-state index contributed by atoms with van der Waals surface area (Å²) in [5.41, 5.74) is 0.982. The molecule has 1 aromatic heterocycles. The summed E-state index contributed by atoms with van der Waals surface area (Å²) in [6, 6.07) is 3.92. The molecule has 0 aliphatic heterocycles. The van der Waals surface area contributed by atoms with Crippen molar-refractivity contribution in [2.24, 2.45) is 0 Å². The van der Waals surface area contributed by atoms with Crippen LogP contribution in [0.25, 0.3) is 0 Å². The van der Waals surface area contributed by atoms with Gasteiger partial charge in [0, 0.05) is 41.1 Å². The lowest BCUT2D eigenvalue weighted by Gasteiger charge is -2.09. The molecule has 1 heterocycles. The molecule has 0 saturated carbocycles. The zero-order valence-corrected chi connectivity index (χ0v) is 14.6. The van der Waals surface area contributed by atoms with Gasteiger partial charge in [-0.25, -0.2) is 9.97 Å². The largest absolute Gasteiger partial charge is 0.423 e. The summed E-state index contributed by atoms with van der Waals surface area (Å²) in [7, 11) is 0. The zero-order valence-electron chi connectivity index (χ0n) is 11.5. The molecule has 0 atom stereocenters. The molecule has 2 rings (SSSR count). The Labute approximate surface area is 142 Å². The van der Waals surface area contributed by atoms with Crippen molar-refractivity contribution in [2.75, 3.05) is 0 Å². The third-order valence-electron chi connectivity index (χ3n) is 2.57. The van der Waals surface area contributed by atoms with Crippen molar-refractivity contribution in [3.05, 3.63) is 44.6 Å². The van der Waals surface area contributed by atoms with Gasteiger partial charge >= 0.3 is 6.01 Å². The molecule has 4 nitrogen and oxygen atoms in total.